The zero-order valence-corrected chi connectivity index (χ0v) is 9.96. The van der Waals surface area contributed by atoms with Crippen LogP contribution in [0.1, 0.15) is 17.4 Å². The second-order valence-electron chi connectivity index (χ2n) is 3.51. The SMILES string of the molecule is CCOc1ccc(C(=O)Nc2ccccc2)nn1. The molecular formula is C13H13N3O2. The van der Waals surface area contributed by atoms with Gasteiger partial charge in [0.15, 0.2) is 5.69 Å². The molecule has 0 atom stereocenters. The fraction of sp³-hybridized carbons (Fsp3) is 0.154. The molecule has 1 aromatic carbocycles. The molecule has 0 unspecified atom stereocenters. The molecule has 2 aromatic rings. The molecule has 18 heavy (non-hydrogen) atoms. The smallest absolute Gasteiger partial charge is 0.276 e. The second kappa shape index (κ2) is 5.77. The van der Waals surface area contributed by atoms with Gasteiger partial charge in [-0.2, -0.15) is 0 Å². The van der Waals surface area contributed by atoms with Crippen LogP contribution in [0.2, 0.25) is 0 Å². The summed E-state index contributed by atoms with van der Waals surface area (Å²) in [7, 11) is 0. The van der Waals surface area contributed by atoms with Crippen molar-refractivity contribution in [2.45, 2.75) is 6.92 Å². The maximum absolute atomic E-state index is 11.8. The average Bonchev–Trinajstić information content (AvgIpc) is 2.41. The van der Waals surface area contributed by atoms with Gasteiger partial charge in [0.05, 0.1) is 6.61 Å². The molecule has 5 heteroatoms. The van der Waals surface area contributed by atoms with E-state index in [2.05, 4.69) is 15.5 Å². The Labute approximate surface area is 105 Å². The van der Waals surface area contributed by atoms with Gasteiger partial charge in [-0.05, 0) is 25.1 Å². The number of hydrogen-bond acceptors (Lipinski definition) is 4. The molecule has 1 heterocycles. The number of benzene rings is 1. The summed E-state index contributed by atoms with van der Waals surface area (Å²) in [4.78, 5) is 11.8. The van der Waals surface area contributed by atoms with Crippen molar-refractivity contribution in [2.24, 2.45) is 0 Å². The van der Waals surface area contributed by atoms with Crippen LogP contribution < -0.4 is 10.1 Å². The fourth-order valence-corrected chi connectivity index (χ4v) is 1.38. The number of hydrogen-bond donors (Lipinski definition) is 1. The lowest BCUT2D eigenvalue weighted by Gasteiger charge is -2.04. The molecule has 0 radical (unpaired) electrons. The van der Waals surface area contributed by atoms with Crippen molar-refractivity contribution < 1.29 is 9.53 Å². The number of ether oxygens (including phenoxy) is 1. The van der Waals surface area contributed by atoms with E-state index in [4.69, 9.17) is 4.74 Å². The Kier molecular flexibility index (Phi) is 3.86. The summed E-state index contributed by atoms with van der Waals surface area (Å²) < 4.78 is 5.15. The van der Waals surface area contributed by atoms with Gasteiger partial charge in [-0.1, -0.05) is 18.2 Å². The highest BCUT2D eigenvalue weighted by Gasteiger charge is 2.08. The Hall–Kier alpha value is -2.43. The molecular weight excluding hydrogens is 230 g/mol. The van der Waals surface area contributed by atoms with Crippen molar-refractivity contribution in [3.8, 4) is 5.88 Å². The molecule has 0 saturated heterocycles. The third-order valence-corrected chi connectivity index (χ3v) is 2.20. The van der Waals surface area contributed by atoms with Crippen LogP contribution in [0.25, 0.3) is 0 Å². The summed E-state index contributed by atoms with van der Waals surface area (Å²) >= 11 is 0. The van der Waals surface area contributed by atoms with E-state index in [-0.39, 0.29) is 11.6 Å². The van der Waals surface area contributed by atoms with Gasteiger partial charge in [-0.3, -0.25) is 4.79 Å². The number of nitrogens with one attached hydrogen (secondary N) is 1. The summed E-state index contributed by atoms with van der Waals surface area (Å²) in [5.74, 6) is 0.116. The van der Waals surface area contributed by atoms with Gasteiger partial charge in [-0.15, -0.1) is 10.2 Å². The molecule has 0 spiro atoms. The predicted molar refractivity (Wildman–Crippen MR) is 67.6 cm³/mol. The topological polar surface area (TPSA) is 64.1 Å². The maximum Gasteiger partial charge on any atom is 0.276 e. The lowest BCUT2D eigenvalue weighted by Crippen LogP contribution is -2.14. The number of nitrogens with zero attached hydrogens (tertiary/aromatic N) is 2. The molecule has 2 rings (SSSR count). The van der Waals surface area contributed by atoms with Crippen molar-refractivity contribution in [3.63, 3.8) is 0 Å². The Morgan fingerprint density at radius 1 is 1.17 bits per heavy atom. The number of anilines is 1. The summed E-state index contributed by atoms with van der Waals surface area (Å²) in [6, 6.07) is 12.4. The van der Waals surface area contributed by atoms with Crippen LogP contribution in [0.4, 0.5) is 5.69 Å². The molecule has 0 bridgehead atoms. The van der Waals surface area contributed by atoms with Gasteiger partial charge < -0.3 is 10.1 Å². The van der Waals surface area contributed by atoms with E-state index in [0.717, 1.165) is 5.69 Å². The molecule has 5 nitrogen and oxygen atoms in total. The molecule has 0 saturated carbocycles. The van der Waals surface area contributed by atoms with Gasteiger partial charge in [0.25, 0.3) is 5.91 Å². The summed E-state index contributed by atoms with van der Waals surface area (Å²) in [6.45, 7) is 2.38. The molecule has 0 aliphatic rings. The quantitative estimate of drug-likeness (QED) is 0.893. The molecule has 1 amide bonds. The molecule has 1 aromatic heterocycles. The summed E-state index contributed by atoms with van der Waals surface area (Å²) in [5.41, 5.74) is 0.973. The Bertz CT molecular complexity index is 512. The minimum atomic E-state index is -0.295. The number of aromatic nitrogens is 2. The van der Waals surface area contributed by atoms with Crippen molar-refractivity contribution in [3.05, 3.63) is 48.2 Å². The summed E-state index contributed by atoms with van der Waals surface area (Å²) in [6.07, 6.45) is 0. The normalized spacial score (nSPS) is 9.83. The third-order valence-electron chi connectivity index (χ3n) is 2.20. The first-order chi connectivity index (χ1) is 8.79. The van der Waals surface area contributed by atoms with Gasteiger partial charge in [0.1, 0.15) is 0 Å². The van der Waals surface area contributed by atoms with E-state index in [1.807, 2.05) is 25.1 Å². The van der Waals surface area contributed by atoms with Crippen LogP contribution in [-0.2, 0) is 0 Å². The third kappa shape index (κ3) is 3.04. The van der Waals surface area contributed by atoms with E-state index in [1.54, 1.807) is 24.3 Å². The van der Waals surface area contributed by atoms with Crippen LogP contribution in [0, 0.1) is 0 Å². The van der Waals surface area contributed by atoms with Crippen molar-refractivity contribution in [1.29, 1.82) is 0 Å². The fourth-order valence-electron chi connectivity index (χ4n) is 1.38. The Morgan fingerprint density at radius 3 is 2.56 bits per heavy atom. The van der Waals surface area contributed by atoms with Crippen molar-refractivity contribution >= 4 is 11.6 Å². The van der Waals surface area contributed by atoms with Crippen LogP contribution >= 0.6 is 0 Å². The highest BCUT2D eigenvalue weighted by molar-refractivity contribution is 6.02. The molecule has 0 aliphatic carbocycles. The second-order valence-corrected chi connectivity index (χ2v) is 3.51. The molecule has 1 N–H and O–H groups in total. The van der Waals surface area contributed by atoms with Crippen LogP contribution in [0.5, 0.6) is 5.88 Å². The molecule has 0 fully saturated rings. The molecule has 0 aliphatic heterocycles. The number of rotatable bonds is 4. The standard InChI is InChI=1S/C13H13N3O2/c1-2-18-12-9-8-11(15-16-12)13(17)14-10-6-4-3-5-7-10/h3-9H,2H2,1H3,(H,14,17). The van der Waals surface area contributed by atoms with Crippen molar-refractivity contribution in [2.75, 3.05) is 11.9 Å². The zero-order valence-electron chi connectivity index (χ0n) is 9.96. The Morgan fingerprint density at radius 2 is 1.94 bits per heavy atom. The first kappa shape index (κ1) is 12.0. The summed E-state index contributed by atoms with van der Waals surface area (Å²) in [5, 5.41) is 10.3. The van der Waals surface area contributed by atoms with Gasteiger partial charge in [-0.25, -0.2) is 0 Å². The average molecular weight is 243 g/mol. The van der Waals surface area contributed by atoms with Gasteiger partial charge in [0, 0.05) is 11.8 Å². The van der Waals surface area contributed by atoms with Crippen LogP contribution in [0.3, 0.4) is 0 Å². The van der Waals surface area contributed by atoms with E-state index >= 15 is 0 Å². The van der Waals surface area contributed by atoms with Crippen LogP contribution in [0.15, 0.2) is 42.5 Å². The maximum atomic E-state index is 11.8. The first-order valence-corrected chi connectivity index (χ1v) is 5.62. The Balaban J connectivity index is 2.05. The largest absolute Gasteiger partial charge is 0.477 e. The van der Waals surface area contributed by atoms with E-state index < -0.39 is 0 Å². The minimum Gasteiger partial charge on any atom is -0.477 e. The highest BCUT2D eigenvalue weighted by Crippen LogP contribution is 2.09. The highest BCUT2D eigenvalue weighted by atomic mass is 16.5. The minimum absolute atomic E-state index is 0.252. The van der Waals surface area contributed by atoms with Crippen LogP contribution in [-0.4, -0.2) is 22.7 Å². The molecule has 92 valence electrons. The lowest BCUT2D eigenvalue weighted by molar-refractivity contribution is 0.102. The monoisotopic (exact) mass is 243 g/mol. The first-order valence-electron chi connectivity index (χ1n) is 5.62. The number of amides is 1. The van der Waals surface area contributed by atoms with E-state index in [9.17, 15) is 4.79 Å². The lowest BCUT2D eigenvalue weighted by atomic mass is 10.3. The number of carbonyl (C=O) groups excluding carboxylic acids is 1. The number of carbonyl (C=O) groups is 1. The van der Waals surface area contributed by atoms with Gasteiger partial charge in [0.2, 0.25) is 5.88 Å². The van der Waals surface area contributed by atoms with E-state index in [1.165, 1.54) is 0 Å². The predicted octanol–water partition coefficient (Wildman–Crippen LogP) is 2.13. The van der Waals surface area contributed by atoms with Gasteiger partial charge >= 0.3 is 0 Å². The zero-order chi connectivity index (χ0) is 12.8. The van der Waals surface area contributed by atoms with Crippen molar-refractivity contribution in [1.82, 2.24) is 10.2 Å². The number of para-hydroxylation sites is 1. The van der Waals surface area contributed by atoms with E-state index in [0.29, 0.717) is 12.5 Å².